The molecule has 1 saturated carbocycles. The highest BCUT2D eigenvalue weighted by molar-refractivity contribution is 5.91. The smallest absolute Gasteiger partial charge is 0.319 e. The second-order valence-electron chi connectivity index (χ2n) is 5.83. The van der Waals surface area contributed by atoms with Gasteiger partial charge in [0.15, 0.2) is 17.3 Å². The Bertz CT molecular complexity index is 726. The van der Waals surface area contributed by atoms with E-state index in [2.05, 4.69) is 26.2 Å². The zero-order valence-corrected chi connectivity index (χ0v) is 14.4. The van der Waals surface area contributed by atoms with Gasteiger partial charge in [0.05, 0.1) is 32.5 Å². The summed E-state index contributed by atoms with van der Waals surface area (Å²) in [5, 5.41) is 17.3. The average Bonchev–Trinajstić information content (AvgIpc) is 3.30. The van der Waals surface area contributed by atoms with Crippen LogP contribution in [0, 0.1) is 0 Å². The van der Waals surface area contributed by atoms with Crippen molar-refractivity contribution < 1.29 is 14.3 Å². The minimum atomic E-state index is -0.368. The fourth-order valence-electron chi connectivity index (χ4n) is 3.07. The van der Waals surface area contributed by atoms with Crippen LogP contribution >= 0.6 is 0 Å². The summed E-state index contributed by atoms with van der Waals surface area (Å²) < 4.78 is 12.3. The van der Waals surface area contributed by atoms with Crippen LogP contribution in [0.3, 0.4) is 0 Å². The van der Waals surface area contributed by atoms with Crippen molar-refractivity contribution in [2.45, 2.75) is 38.3 Å². The van der Waals surface area contributed by atoms with Gasteiger partial charge in [-0.2, -0.15) is 0 Å². The maximum Gasteiger partial charge on any atom is 0.319 e. The van der Waals surface area contributed by atoms with E-state index in [9.17, 15) is 4.79 Å². The molecular weight excluding hydrogens is 324 g/mol. The largest absolute Gasteiger partial charge is 0.493 e. The number of rotatable bonds is 6. The number of tetrazole rings is 1. The third-order valence-electron chi connectivity index (χ3n) is 4.29. The normalized spacial score (nSPS) is 14.3. The number of carbonyl (C=O) groups is 1. The van der Waals surface area contributed by atoms with Crippen LogP contribution in [0.4, 0.5) is 10.5 Å². The number of hydrogen-bond donors (Lipinski definition) is 2. The Morgan fingerprint density at radius 1 is 1.28 bits per heavy atom. The van der Waals surface area contributed by atoms with Crippen molar-refractivity contribution in [1.29, 1.82) is 0 Å². The Morgan fingerprint density at radius 2 is 2.08 bits per heavy atom. The molecule has 0 saturated heterocycles. The molecule has 9 heteroatoms. The van der Waals surface area contributed by atoms with E-state index in [1.165, 1.54) is 20.0 Å². The zero-order chi connectivity index (χ0) is 17.6. The number of aromatic nitrogens is 4. The van der Waals surface area contributed by atoms with E-state index in [1.54, 1.807) is 25.3 Å². The van der Waals surface area contributed by atoms with Gasteiger partial charge in [-0.15, -0.1) is 5.10 Å². The Hall–Kier alpha value is -2.84. The second kappa shape index (κ2) is 7.82. The topological polar surface area (TPSA) is 103 Å². The molecule has 0 spiro atoms. The number of hydrogen-bond acceptors (Lipinski definition) is 6. The van der Waals surface area contributed by atoms with Gasteiger partial charge in [0, 0.05) is 0 Å². The summed E-state index contributed by atoms with van der Waals surface area (Å²) in [5.41, 5.74) is 0.523. The van der Waals surface area contributed by atoms with Gasteiger partial charge >= 0.3 is 6.03 Å². The van der Waals surface area contributed by atoms with Crippen LogP contribution in [0.5, 0.6) is 11.5 Å². The van der Waals surface area contributed by atoms with Gasteiger partial charge in [-0.05, 0) is 35.4 Å². The van der Waals surface area contributed by atoms with E-state index in [0.29, 0.717) is 29.1 Å². The standard InChI is InChI=1S/C16H22N6O3/c1-24-13-9-5-8-12(15(13)25-2)18-16(23)17-10-14-19-20-21-22(14)11-6-3-4-7-11/h5,8-9,11H,3-4,6-7,10H2,1-2H3,(H2,17,18,23). The molecule has 1 aliphatic carbocycles. The number of carbonyl (C=O) groups excluding carboxylic acids is 1. The van der Waals surface area contributed by atoms with Crippen LogP contribution in [0.25, 0.3) is 0 Å². The summed E-state index contributed by atoms with van der Waals surface area (Å²) in [4.78, 5) is 12.2. The monoisotopic (exact) mass is 346 g/mol. The van der Waals surface area contributed by atoms with Gasteiger partial charge in [-0.1, -0.05) is 18.9 Å². The first-order valence-corrected chi connectivity index (χ1v) is 8.25. The van der Waals surface area contributed by atoms with Crippen LogP contribution in [0.1, 0.15) is 37.5 Å². The fraction of sp³-hybridized carbons (Fsp3) is 0.500. The molecule has 134 valence electrons. The third kappa shape index (κ3) is 3.81. The van der Waals surface area contributed by atoms with Crippen LogP contribution in [0.2, 0.25) is 0 Å². The maximum absolute atomic E-state index is 12.2. The molecule has 9 nitrogen and oxygen atoms in total. The van der Waals surface area contributed by atoms with E-state index in [-0.39, 0.29) is 12.6 Å². The first-order chi connectivity index (χ1) is 12.2. The number of benzene rings is 1. The van der Waals surface area contributed by atoms with E-state index in [0.717, 1.165) is 12.8 Å². The van der Waals surface area contributed by atoms with Gasteiger partial charge < -0.3 is 20.1 Å². The van der Waals surface area contributed by atoms with E-state index in [4.69, 9.17) is 9.47 Å². The molecule has 0 unspecified atom stereocenters. The molecule has 25 heavy (non-hydrogen) atoms. The summed E-state index contributed by atoms with van der Waals surface area (Å²) in [5.74, 6) is 1.67. The summed E-state index contributed by atoms with van der Waals surface area (Å²) in [6.07, 6.45) is 4.53. The van der Waals surface area contributed by atoms with Gasteiger partial charge in [-0.25, -0.2) is 9.48 Å². The zero-order valence-electron chi connectivity index (χ0n) is 14.4. The van der Waals surface area contributed by atoms with Crippen molar-refractivity contribution in [2.75, 3.05) is 19.5 Å². The average molecular weight is 346 g/mol. The van der Waals surface area contributed by atoms with Gasteiger partial charge in [0.2, 0.25) is 0 Å². The van der Waals surface area contributed by atoms with E-state index < -0.39 is 0 Å². The van der Waals surface area contributed by atoms with Crippen LogP contribution in [0.15, 0.2) is 18.2 Å². The number of anilines is 1. The van der Waals surface area contributed by atoms with Crippen LogP contribution in [-0.2, 0) is 6.54 Å². The number of urea groups is 1. The molecule has 0 radical (unpaired) electrons. The molecule has 1 aromatic heterocycles. The van der Waals surface area contributed by atoms with Crippen molar-refractivity contribution in [2.24, 2.45) is 0 Å². The maximum atomic E-state index is 12.2. The Morgan fingerprint density at radius 3 is 2.80 bits per heavy atom. The molecule has 2 N–H and O–H groups in total. The lowest BCUT2D eigenvalue weighted by Gasteiger charge is -2.14. The van der Waals surface area contributed by atoms with Gasteiger partial charge in [0.25, 0.3) is 0 Å². The molecule has 2 aromatic rings. The summed E-state index contributed by atoms with van der Waals surface area (Å²) in [7, 11) is 3.07. The second-order valence-corrected chi connectivity index (χ2v) is 5.83. The fourth-order valence-corrected chi connectivity index (χ4v) is 3.07. The summed E-state index contributed by atoms with van der Waals surface area (Å²) >= 11 is 0. The lowest BCUT2D eigenvalue weighted by Crippen LogP contribution is -2.30. The van der Waals surface area contributed by atoms with E-state index >= 15 is 0 Å². The highest BCUT2D eigenvalue weighted by Crippen LogP contribution is 2.34. The Labute approximate surface area is 145 Å². The number of methoxy groups -OCH3 is 2. The minimum absolute atomic E-state index is 0.252. The SMILES string of the molecule is COc1cccc(NC(=O)NCc2nnnn2C2CCCC2)c1OC. The lowest BCUT2D eigenvalue weighted by molar-refractivity contribution is 0.251. The van der Waals surface area contributed by atoms with E-state index in [1.807, 2.05) is 4.68 Å². The first-order valence-electron chi connectivity index (χ1n) is 8.25. The quantitative estimate of drug-likeness (QED) is 0.830. The van der Waals surface area contributed by atoms with Gasteiger partial charge in [0.1, 0.15) is 0 Å². The Kier molecular flexibility index (Phi) is 5.32. The van der Waals surface area contributed by atoms with Crippen molar-refractivity contribution in [3.05, 3.63) is 24.0 Å². The molecule has 3 rings (SSSR count). The molecular formula is C16H22N6O3. The molecule has 0 atom stereocenters. The molecule has 0 bridgehead atoms. The number of para-hydroxylation sites is 1. The number of nitrogens with one attached hydrogen (secondary N) is 2. The Balaban J connectivity index is 1.62. The highest BCUT2D eigenvalue weighted by atomic mass is 16.5. The molecule has 1 heterocycles. The molecule has 0 aliphatic heterocycles. The summed E-state index contributed by atoms with van der Waals surface area (Å²) in [6, 6.07) is 5.24. The predicted molar refractivity (Wildman–Crippen MR) is 90.7 cm³/mol. The molecule has 1 aromatic carbocycles. The van der Waals surface area contributed by atoms with Crippen molar-refractivity contribution in [3.63, 3.8) is 0 Å². The van der Waals surface area contributed by atoms with Crippen LogP contribution < -0.4 is 20.1 Å². The summed E-state index contributed by atoms with van der Waals surface area (Å²) in [6.45, 7) is 0.252. The van der Waals surface area contributed by atoms with Crippen molar-refractivity contribution in [1.82, 2.24) is 25.5 Å². The molecule has 2 amide bonds. The van der Waals surface area contributed by atoms with Crippen molar-refractivity contribution >= 4 is 11.7 Å². The first kappa shape index (κ1) is 17.0. The molecule has 1 aliphatic rings. The van der Waals surface area contributed by atoms with Crippen LogP contribution in [-0.4, -0.2) is 40.5 Å². The van der Waals surface area contributed by atoms with Gasteiger partial charge in [-0.3, -0.25) is 0 Å². The predicted octanol–water partition coefficient (Wildman–Crippen LogP) is 2.13. The number of amides is 2. The third-order valence-corrected chi connectivity index (χ3v) is 4.29. The lowest BCUT2D eigenvalue weighted by atomic mass is 10.2. The highest BCUT2D eigenvalue weighted by Gasteiger charge is 2.21. The number of ether oxygens (including phenoxy) is 2. The van der Waals surface area contributed by atoms with Crippen molar-refractivity contribution in [3.8, 4) is 11.5 Å². The minimum Gasteiger partial charge on any atom is -0.493 e. The number of nitrogens with zero attached hydrogens (tertiary/aromatic N) is 4. The molecule has 1 fully saturated rings.